The van der Waals surface area contributed by atoms with Gasteiger partial charge in [0.25, 0.3) is 0 Å². The van der Waals surface area contributed by atoms with Gasteiger partial charge in [-0.05, 0) is 42.2 Å². The minimum Gasteiger partial charge on any atom is -0.389 e. The highest BCUT2D eigenvalue weighted by Gasteiger charge is 2.46. The summed E-state index contributed by atoms with van der Waals surface area (Å²) in [5.74, 6) is 0. The van der Waals surface area contributed by atoms with Gasteiger partial charge < -0.3 is 5.11 Å². The van der Waals surface area contributed by atoms with Crippen molar-refractivity contribution in [2.24, 2.45) is 10.8 Å². The van der Waals surface area contributed by atoms with Crippen molar-refractivity contribution in [1.29, 1.82) is 0 Å². The van der Waals surface area contributed by atoms with Gasteiger partial charge in [-0.1, -0.05) is 39.8 Å². The van der Waals surface area contributed by atoms with Gasteiger partial charge in [0.1, 0.15) is 0 Å². The van der Waals surface area contributed by atoms with E-state index in [0.717, 1.165) is 23.4 Å². The average Bonchev–Trinajstić information content (AvgIpc) is 2.64. The summed E-state index contributed by atoms with van der Waals surface area (Å²) < 4.78 is 1.21. The summed E-state index contributed by atoms with van der Waals surface area (Å²) in [5, 5.41) is 12.2. The van der Waals surface area contributed by atoms with Crippen LogP contribution in [0.2, 0.25) is 0 Å². The van der Waals surface area contributed by atoms with E-state index >= 15 is 0 Å². The van der Waals surface area contributed by atoms with Crippen molar-refractivity contribution in [2.45, 2.75) is 59.0 Å². The number of hydrogen-bond acceptors (Lipinski definition) is 3. The largest absolute Gasteiger partial charge is 0.389 e. The zero-order valence-electron chi connectivity index (χ0n) is 13.4. The fraction of sp³-hybridized carbons (Fsp3) is 0.611. The lowest BCUT2D eigenvalue weighted by molar-refractivity contribution is -0.0850. The van der Waals surface area contributed by atoms with Crippen LogP contribution >= 0.6 is 11.3 Å². The molecule has 1 aliphatic carbocycles. The van der Waals surface area contributed by atoms with Gasteiger partial charge in [-0.2, -0.15) is 0 Å². The first-order valence-corrected chi connectivity index (χ1v) is 8.55. The molecule has 2 aromatic rings. The Morgan fingerprint density at radius 2 is 1.67 bits per heavy atom. The van der Waals surface area contributed by atoms with Gasteiger partial charge in [0.05, 0.1) is 20.8 Å². The molecule has 0 aliphatic heterocycles. The third-order valence-electron chi connectivity index (χ3n) is 4.39. The van der Waals surface area contributed by atoms with Crippen LogP contribution in [-0.2, 0) is 6.42 Å². The van der Waals surface area contributed by atoms with E-state index in [9.17, 15) is 5.11 Å². The predicted molar refractivity (Wildman–Crippen MR) is 89.7 cm³/mol. The Balaban J connectivity index is 1.88. The molecule has 1 saturated carbocycles. The number of thiazole rings is 1. The molecule has 1 N–H and O–H groups in total. The summed E-state index contributed by atoms with van der Waals surface area (Å²) in [5.41, 5.74) is 0.801. The summed E-state index contributed by atoms with van der Waals surface area (Å²) in [6.07, 6.45) is 3.57. The van der Waals surface area contributed by atoms with Crippen molar-refractivity contribution in [3.8, 4) is 0 Å². The van der Waals surface area contributed by atoms with Crippen molar-refractivity contribution >= 4 is 21.6 Å². The van der Waals surface area contributed by atoms with E-state index in [4.69, 9.17) is 4.98 Å². The van der Waals surface area contributed by atoms with Gasteiger partial charge >= 0.3 is 0 Å². The molecule has 0 unspecified atom stereocenters. The zero-order valence-corrected chi connectivity index (χ0v) is 14.3. The number of nitrogens with zero attached hydrogens (tertiary/aromatic N) is 1. The third-order valence-corrected chi connectivity index (χ3v) is 5.43. The molecule has 114 valence electrons. The molecule has 1 aliphatic rings. The Kier molecular flexibility index (Phi) is 3.42. The normalized spacial score (nSPS) is 23.3. The van der Waals surface area contributed by atoms with Crippen LogP contribution in [-0.4, -0.2) is 15.7 Å². The molecule has 1 aromatic heterocycles. The molecule has 0 saturated heterocycles. The number of fused-ring (bicyclic) bond motifs is 1. The van der Waals surface area contributed by atoms with Gasteiger partial charge in [-0.25, -0.2) is 4.98 Å². The van der Waals surface area contributed by atoms with Crippen molar-refractivity contribution in [3.63, 3.8) is 0 Å². The molecule has 2 nitrogen and oxygen atoms in total. The van der Waals surface area contributed by atoms with Gasteiger partial charge in [-0.15, -0.1) is 11.3 Å². The van der Waals surface area contributed by atoms with Crippen LogP contribution in [0, 0.1) is 10.8 Å². The van der Waals surface area contributed by atoms with E-state index in [1.54, 1.807) is 11.3 Å². The lowest BCUT2D eigenvalue weighted by Gasteiger charge is -2.49. The van der Waals surface area contributed by atoms with Crippen LogP contribution in [0.25, 0.3) is 10.2 Å². The van der Waals surface area contributed by atoms with Crippen LogP contribution < -0.4 is 0 Å². The summed E-state index contributed by atoms with van der Waals surface area (Å²) in [4.78, 5) is 4.71. The Hall–Kier alpha value is -0.930. The van der Waals surface area contributed by atoms with Crippen molar-refractivity contribution in [3.05, 3.63) is 29.3 Å². The number of benzene rings is 1. The molecule has 1 aromatic carbocycles. The molecule has 0 spiro atoms. The smallest absolute Gasteiger partial charge is 0.0967 e. The number of para-hydroxylation sites is 1. The maximum atomic E-state index is 11.2. The molecule has 1 heterocycles. The van der Waals surface area contributed by atoms with Gasteiger partial charge in [0.2, 0.25) is 0 Å². The quantitative estimate of drug-likeness (QED) is 0.864. The van der Waals surface area contributed by atoms with Crippen molar-refractivity contribution in [2.75, 3.05) is 0 Å². The molecule has 0 amide bonds. The van der Waals surface area contributed by atoms with Crippen molar-refractivity contribution in [1.82, 2.24) is 4.98 Å². The Labute approximate surface area is 131 Å². The van der Waals surface area contributed by atoms with Crippen LogP contribution in [0.1, 0.15) is 52.0 Å². The molecule has 0 radical (unpaired) electrons. The fourth-order valence-corrected chi connectivity index (χ4v) is 5.77. The maximum Gasteiger partial charge on any atom is 0.0967 e. The van der Waals surface area contributed by atoms with Crippen LogP contribution in [0.15, 0.2) is 24.3 Å². The molecule has 3 heteroatoms. The van der Waals surface area contributed by atoms with E-state index in [1.165, 1.54) is 11.1 Å². The summed E-state index contributed by atoms with van der Waals surface area (Å²) in [6, 6.07) is 8.22. The standard InChI is InChI=1S/C18H25NOS/c1-16(2)10-17(3,4)12-18(20,11-16)9-15-19-13-7-5-6-8-14(13)21-15/h5-8,20H,9-12H2,1-4H3. The topological polar surface area (TPSA) is 33.1 Å². The Morgan fingerprint density at radius 1 is 1.05 bits per heavy atom. The fourth-order valence-electron chi connectivity index (χ4n) is 4.67. The first kappa shape index (κ1) is 15.0. The molecular formula is C18H25NOS. The van der Waals surface area contributed by atoms with Crippen LogP contribution in [0.5, 0.6) is 0 Å². The Morgan fingerprint density at radius 3 is 2.29 bits per heavy atom. The highest BCUT2D eigenvalue weighted by molar-refractivity contribution is 7.18. The highest BCUT2D eigenvalue weighted by Crippen LogP contribution is 2.51. The van der Waals surface area contributed by atoms with Gasteiger partial charge in [-0.3, -0.25) is 0 Å². The van der Waals surface area contributed by atoms with E-state index < -0.39 is 5.60 Å². The third kappa shape index (κ3) is 3.29. The highest BCUT2D eigenvalue weighted by atomic mass is 32.1. The summed E-state index contributed by atoms with van der Waals surface area (Å²) in [7, 11) is 0. The lowest BCUT2D eigenvalue weighted by atomic mass is 9.59. The van der Waals surface area contributed by atoms with E-state index in [1.807, 2.05) is 18.2 Å². The molecule has 21 heavy (non-hydrogen) atoms. The molecular weight excluding hydrogens is 278 g/mol. The Bertz CT molecular complexity index is 607. The van der Waals surface area contributed by atoms with E-state index in [0.29, 0.717) is 6.42 Å². The first-order valence-electron chi connectivity index (χ1n) is 7.73. The van der Waals surface area contributed by atoms with Crippen LogP contribution in [0.3, 0.4) is 0 Å². The number of rotatable bonds is 2. The first-order chi connectivity index (χ1) is 9.67. The molecule has 3 rings (SSSR count). The average molecular weight is 303 g/mol. The minimum atomic E-state index is -0.626. The minimum absolute atomic E-state index is 0.188. The van der Waals surface area contributed by atoms with Gasteiger partial charge in [0, 0.05) is 6.42 Å². The predicted octanol–water partition coefficient (Wildman–Crippen LogP) is 4.81. The zero-order chi connectivity index (χ0) is 15.3. The second-order valence-electron chi connectivity index (χ2n) is 8.34. The molecule has 0 bridgehead atoms. The number of hydrogen-bond donors (Lipinski definition) is 1. The van der Waals surface area contributed by atoms with Crippen LogP contribution in [0.4, 0.5) is 0 Å². The second kappa shape index (κ2) is 4.79. The molecule has 0 atom stereocenters. The number of aliphatic hydroxyl groups is 1. The molecule has 1 fully saturated rings. The number of aromatic nitrogens is 1. The maximum absolute atomic E-state index is 11.2. The second-order valence-corrected chi connectivity index (χ2v) is 9.45. The summed E-state index contributed by atoms with van der Waals surface area (Å²) in [6.45, 7) is 9.10. The van der Waals surface area contributed by atoms with Gasteiger partial charge in [0.15, 0.2) is 0 Å². The van der Waals surface area contributed by atoms with E-state index in [-0.39, 0.29) is 10.8 Å². The lowest BCUT2D eigenvalue weighted by Crippen LogP contribution is -2.47. The van der Waals surface area contributed by atoms with E-state index in [2.05, 4.69) is 33.8 Å². The van der Waals surface area contributed by atoms with Crippen molar-refractivity contribution < 1.29 is 5.11 Å². The SMILES string of the molecule is CC1(C)CC(C)(C)CC(O)(Cc2nc3ccccc3s2)C1. The monoisotopic (exact) mass is 303 g/mol. The summed E-state index contributed by atoms with van der Waals surface area (Å²) >= 11 is 1.72.